The van der Waals surface area contributed by atoms with E-state index in [9.17, 15) is 0 Å². The van der Waals surface area contributed by atoms with Gasteiger partial charge in [-0.15, -0.1) is 0 Å². The summed E-state index contributed by atoms with van der Waals surface area (Å²) in [6.07, 6.45) is 0.748. The van der Waals surface area contributed by atoms with E-state index in [4.69, 9.17) is 10.4 Å². The zero-order chi connectivity index (χ0) is 7.11. The third kappa shape index (κ3) is 5.28. The van der Waals surface area contributed by atoms with Crippen LogP contribution in [-0.4, -0.2) is 36.8 Å². The Hall–Kier alpha value is -0.590. The lowest BCUT2D eigenvalue weighted by molar-refractivity contribution is 0.256. The molecule has 0 aliphatic heterocycles. The van der Waals surface area contributed by atoms with Gasteiger partial charge in [-0.05, 0) is 13.5 Å². The number of rotatable bonds is 4. The van der Waals surface area contributed by atoms with Gasteiger partial charge in [-0.1, -0.05) is 0 Å². The van der Waals surface area contributed by atoms with Crippen molar-refractivity contribution >= 4 is 0 Å². The highest BCUT2D eigenvalue weighted by Crippen LogP contribution is 1.83. The van der Waals surface area contributed by atoms with Crippen LogP contribution in [0, 0.1) is 11.3 Å². The van der Waals surface area contributed by atoms with Crippen LogP contribution >= 0.6 is 0 Å². The van der Waals surface area contributed by atoms with Gasteiger partial charge in [-0.3, -0.25) is 4.90 Å². The molecule has 0 aromatic rings. The van der Waals surface area contributed by atoms with Crippen LogP contribution in [-0.2, 0) is 0 Å². The van der Waals surface area contributed by atoms with Crippen molar-refractivity contribution in [3.63, 3.8) is 0 Å². The van der Waals surface area contributed by atoms with E-state index in [2.05, 4.69) is 0 Å². The molecule has 3 heteroatoms. The zero-order valence-electron chi connectivity index (χ0n) is 5.67. The molecular formula is C6H12N2O. The first-order valence-corrected chi connectivity index (χ1v) is 2.97. The number of nitriles is 1. The molecule has 0 aliphatic rings. The van der Waals surface area contributed by atoms with Crippen molar-refractivity contribution in [3.8, 4) is 6.07 Å². The van der Waals surface area contributed by atoms with Crippen LogP contribution in [0.5, 0.6) is 0 Å². The van der Waals surface area contributed by atoms with Crippen LogP contribution < -0.4 is 0 Å². The molecular weight excluding hydrogens is 116 g/mol. The van der Waals surface area contributed by atoms with Crippen molar-refractivity contribution in [3.05, 3.63) is 0 Å². The molecule has 3 nitrogen and oxygen atoms in total. The Kier molecular flexibility index (Phi) is 5.18. The molecule has 0 atom stereocenters. The van der Waals surface area contributed by atoms with Crippen LogP contribution in [0.15, 0.2) is 0 Å². The Morgan fingerprint density at radius 1 is 1.67 bits per heavy atom. The molecule has 9 heavy (non-hydrogen) atoms. The highest BCUT2D eigenvalue weighted by Gasteiger charge is 1.93. The second kappa shape index (κ2) is 5.54. The van der Waals surface area contributed by atoms with Gasteiger partial charge in [0.2, 0.25) is 0 Å². The average Bonchev–Trinajstić information content (AvgIpc) is 1.85. The summed E-state index contributed by atoms with van der Waals surface area (Å²) in [6.45, 7) is 1.44. The molecule has 0 rings (SSSR count). The van der Waals surface area contributed by atoms with Gasteiger partial charge in [-0.2, -0.15) is 5.26 Å². The summed E-state index contributed by atoms with van der Waals surface area (Å²) in [6, 6.07) is 2.02. The first-order chi connectivity index (χ1) is 4.31. The van der Waals surface area contributed by atoms with E-state index >= 15 is 0 Å². The maximum atomic E-state index is 8.37. The number of nitrogens with zero attached hydrogens (tertiary/aromatic N) is 2. The summed E-state index contributed by atoms with van der Waals surface area (Å²) in [7, 11) is 1.86. The topological polar surface area (TPSA) is 47.3 Å². The monoisotopic (exact) mass is 128 g/mol. The van der Waals surface area contributed by atoms with Crippen LogP contribution in [0.3, 0.4) is 0 Å². The van der Waals surface area contributed by atoms with Crippen molar-refractivity contribution in [2.24, 2.45) is 0 Å². The molecule has 0 bridgehead atoms. The average molecular weight is 128 g/mol. The van der Waals surface area contributed by atoms with Crippen molar-refractivity contribution in [2.45, 2.75) is 6.42 Å². The fourth-order valence-corrected chi connectivity index (χ4v) is 0.540. The van der Waals surface area contributed by atoms with E-state index in [-0.39, 0.29) is 6.61 Å². The fourth-order valence-electron chi connectivity index (χ4n) is 0.540. The third-order valence-electron chi connectivity index (χ3n) is 1.04. The summed E-state index contributed by atoms with van der Waals surface area (Å²) in [5.74, 6) is 0. The second-order valence-electron chi connectivity index (χ2n) is 1.97. The minimum atomic E-state index is 0.204. The van der Waals surface area contributed by atoms with Crippen molar-refractivity contribution in [2.75, 3.05) is 26.7 Å². The molecule has 0 unspecified atom stereocenters. The summed E-state index contributed by atoms with van der Waals surface area (Å²) >= 11 is 0. The Morgan fingerprint density at radius 3 is 2.78 bits per heavy atom. The molecule has 0 aromatic carbocycles. The van der Waals surface area contributed by atoms with Crippen molar-refractivity contribution < 1.29 is 5.11 Å². The molecule has 0 heterocycles. The normalized spacial score (nSPS) is 9.56. The van der Waals surface area contributed by atoms with Gasteiger partial charge >= 0.3 is 0 Å². The third-order valence-corrected chi connectivity index (χ3v) is 1.04. The maximum Gasteiger partial charge on any atom is 0.0863 e. The number of hydrogen-bond donors (Lipinski definition) is 1. The van der Waals surface area contributed by atoms with E-state index in [0.717, 1.165) is 13.0 Å². The predicted octanol–water partition coefficient (Wildman–Crippen LogP) is -0.176. The first kappa shape index (κ1) is 8.41. The van der Waals surface area contributed by atoms with Crippen LogP contribution in [0.1, 0.15) is 6.42 Å². The van der Waals surface area contributed by atoms with E-state index in [1.165, 1.54) is 0 Å². The van der Waals surface area contributed by atoms with Gasteiger partial charge in [0.25, 0.3) is 0 Å². The second-order valence-corrected chi connectivity index (χ2v) is 1.97. The molecule has 1 N–H and O–H groups in total. The lowest BCUT2D eigenvalue weighted by atomic mass is 10.4. The molecule has 52 valence electrons. The predicted molar refractivity (Wildman–Crippen MR) is 34.8 cm³/mol. The molecule has 0 fully saturated rings. The number of aliphatic hydroxyl groups excluding tert-OH is 1. The van der Waals surface area contributed by atoms with Gasteiger partial charge in [0.15, 0.2) is 0 Å². The SMILES string of the molecule is CN(CC#N)CCCO. The van der Waals surface area contributed by atoms with Gasteiger partial charge in [0.1, 0.15) is 0 Å². The Morgan fingerprint density at radius 2 is 2.33 bits per heavy atom. The van der Waals surface area contributed by atoms with E-state index in [0.29, 0.717) is 6.54 Å². The zero-order valence-corrected chi connectivity index (χ0v) is 5.67. The molecule has 0 aromatic heterocycles. The molecule has 0 spiro atoms. The quantitative estimate of drug-likeness (QED) is 0.534. The van der Waals surface area contributed by atoms with Crippen LogP contribution in [0.2, 0.25) is 0 Å². The molecule has 0 amide bonds. The molecule has 0 aliphatic carbocycles. The fraction of sp³-hybridized carbons (Fsp3) is 0.833. The lowest BCUT2D eigenvalue weighted by Gasteiger charge is -2.09. The minimum absolute atomic E-state index is 0.204. The van der Waals surface area contributed by atoms with Crippen molar-refractivity contribution in [1.82, 2.24) is 4.90 Å². The highest BCUT2D eigenvalue weighted by atomic mass is 16.3. The number of hydrogen-bond acceptors (Lipinski definition) is 3. The molecule has 0 saturated heterocycles. The Bertz CT molecular complexity index is 97.7. The minimum Gasteiger partial charge on any atom is -0.396 e. The maximum absolute atomic E-state index is 8.37. The number of aliphatic hydroxyl groups is 1. The van der Waals surface area contributed by atoms with Gasteiger partial charge < -0.3 is 5.11 Å². The highest BCUT2D eigenvalue weighted by molar-refractivity contribution is 4.73. The van der Waals surface area contributed by atoms with Crippen LogP contribution in [0.4, 0.5) is 0 Å². The molecule has 0 radical (unpaired) electrons. The van der Waals surface area contributed by atoms with Gasteiger partial charge in [0, 0.05) is 13.2 Å². The standard InChI is InChI=1S/C6H12N2O/c1-8(5-3-7)4-2-6-9/h9H,2,4-6H2,1H3. The summed E-state index contributed by atoms with van der Waals surface area (Å²) in [5, 5.41) is 16.6. The summed E-state index contributed by atoms with van der Waals surface area (Å²) in [5.41, 5.74) is 0. The smallest absolute Gasteiger partial charge is 0.0863 e. The van der Waals surface area contributed by atoms with E-state index in [1.807, 2.05) is 18.0 Å². The van der Waals surface area contributed by atoms with Crippen molar-refractivity contribution in [1.29, 1.82) is 5.26 Å². The molecule has 0 saturated carbocycles. The summed E-state index contributed by atoms with van der Waals surface area (Å²) < 4.78 is 0. The van der Waals surface area contributed by atoms with Gasteiger partial charge in [0.05, 0.1) is 12.6 Å². The van der Waals surface area contributed by atoms with E-state index < -0.39 is 0 Å². The van der Waals surface area contributed by atoms with Gasteiger partial charge in [-0.25, -0.2) is 0 Å². The largest absolute Gasteiger partial charge is 0.396 e. The van der Waals surface area contributed by atoms with Crippen LogP contribution in [0.25, 0.3) is 0 Å². The Labute approximate surface area is 55.5 Å². The lowest BCUT2D eigenvalue weighted by Crippen LogP contribution is -2.20. The Balaban J connectivity index is 3.08. The van der Waals surface area contributed by atoms with E-state index in [1.54, 1.807) is 0 Å². The first-order valence-electron chi connectivity index (χ1n) is 2.97. The summed E-state index contributed by atoms with van der Waals surface area (Å²) in [4.78, 5) is 1.87.